The highest BCUT2D eigenvalue weighted by atomic mass is 35.5. The molecule has 0 saturated carbocycles. The number of hydrogen-bond donors (Lipinski definition) is 3. The third-order valence-electron chi connectivity index (χ3n) is 7.41. The Labute approximate surface area is 249 Å². The van der Waals surface area contributed by atoms with Crippen molar-refractivity contribution in [2.24, 2.45) is 0 Å². The molecular formula is C34H41ClN4O2. The molecule has 1 heterocycles. The van der Waals surface area contributed by atoms with E-state index in [4.69, 9.17) is 11.6 Å². The van der Waals surface area contributed by atoms with Crippen LogP contribution in [0.2, 0.25) is 5.02 Å². The number of amides is 2. The maximum atomic E-state index is 13.9. The minimum absolute atomic E-state index is 0.0206. The zero-order valence-electron chi connectivity index (χ0n) is 23.9. The van der Waals surface area contributed by atoms with Gasteiger partial charge in [-0.05, 0) is 54.3 Å². The van der Waals surface area contributed by atoms with Gasteiger partial charge in [0.05, 0.1) is 6.04 Å². The van der Waals surface area contributed by atoms with Crippen LogP contribution >= 0.6 is 11.6 Å². The van der Waals surface area contributed by atoms with Crippen LogP contribution in [-0.4, -0.2) is 61.0 Å². The lowest BCUT2D eigenvalue weighted by molar-refractivity contribution is -0.133. The molecule has 3 aromatic carbocycles. The second kappa shape index (κ2) is 15.5. The third-order valence-corrected chi connectivity index (χ3v) is 7.66. The van der Waals surface area contributed by atoms with E-state index >= 15 is 0 Å². The van der Waals surface area contributed by atoms with E-state index in [-0.39, 0.29) is 29.8 Å². The Kier molecular flexibility index (Phi) is 11.6. The molecule has 4 rings (SSSR count). The fourth-order valence-electron chi connectivity index (χ4n) is 5.17. The molecule has 0 unspecified atom stereocenters. The van der Waals surface area contributed by atoms with Crippen molar-refractivity contribution in [3.8, 4) is 0 Å². The Hall–Kier alpha value is -3.45. The average molecular weight is 573 g/mol. The summed E-state index contributed by atoms with van der Waals surface area (Å²) in [7, 11) is 0. The van der Waals surface area contributed by atoms with E-state index < -0.39 is 0 Å². The minimum Gasteiger partial charge on any atom is -0.351 e. The van der Waals surface area contributed by atoms with Crippen molar-refractivity contribution in [3.05, 3.63) is 113 Å². The lowest BCUT2D eigenvalue weighted by Crippen LogP contribution is -2.50. The molecule has 0 bridgehead atoms. The summed E-state index contributed by atoms with van der Waals surface area (Å²) in [5, 5.41) is 10.7. The van der Waals surface area contributed by atoms with Crippen LogP contribution in [0.1, 0.15) is 49.3 Å². The molecule has 41 heavy (non-hydrogen) atoms. The van der Waals surface area contributed by atoms with Crippen LogP contribution in [-0.2, 0) is 9.59 Å². The van der Waals surface area contributed by atoms with Crippen LogP contribution in [0.3, 0.4) is 0 Å². The lowest BCUT2D eigenvalue weighted by atomic mass is 9.90. The van der Waals surface area contributed by atoms with Crippen LogP contribution in [0.5, 0.6) is 0 Å². The van der Waals surface area contributed by atoms with Gasteiger partial charge in [-0.1, -0.05) is 98.2 Å². The quantitative estimate of drug-likeness (QED) is 0.259. The van der Waals surface area contributed by atoms with Crippen LogP contribution in [0, 0.1) is 0 Å². The highest BCUT2D eigenvalue weighted by molar-refractivity contribution is 6.30. The number of carbonyl (C=O) groups excluding carboxylic acids is 2. The largest absolute Gasteiger partial charge is 0.351 e. The van der Waals surface area contributed by atoms with Gasteiger partial charge >= 0.3 is 0 Å². The topological polar surface area (TPSA) is 73.5 Å². The van der Waals surface area contributed by atoms with Gasteiger partial charge in [0.2, 0.25) is 11.8 Å². The van der Waals surface area contributed by atoms with Crippen molar-refractivity contribution in [1.82, 2.24) is 20.9 Å². The van der Waals surface area contributed by atoms with Crippen LogP contribution in [0.4, 0.5) is 0 Å². The second-order valence-electron chi connectivity index (χ2n) is 10.9. The Bertz CT molecular complexity index is 1230. The maximum Gasteiger partial charge on any atom is 0.244 e. The van der Waals surface area contributed by atoms with Crippen molar-refractivity contribution >= 4 is 29.5 Å². The number of nitrogens with zero attached hydrogens (tertiary/aromatic N) is 1. The molecule has 7 heteroatoms. The predicted molar refractivity (Wildman–Crippen MR) is 168 cm³/mol. The molecule has 3 N–H and O–H groups in total. The summed E-state index contributed by atoms with van der Waals surface area (Å²) < 4.78 is 0. The van der Waals surface area contributed by atoms with Gasteiger partial charge in [-0.15, -0.1) is 0 Å². The number of carbonyl (C=O) groups is 2. The van der Waals surface area contributed by atoms with E-state index in [1.54, 1.807) is 18.2 Å². The first-order valence-corrected chi connectivity index (χ1v) is 14.9. The predicted octanol–water partition coefficient (Wildman–Crippen LogP) is 5.25. The highest BCUT2D eigenvalue weighted by Crippen LogP contribution is 2.27. The standard InChI is InChI=1S/C34H41ClN4O2/c1-25(2)36-21-19-32-34(41)39(24-31(27-9-5-3-6-10-27)28-11-7-4-8-12-28)22-20-30(38-32)23-37-33(40)18-15-26-13-16-29(35)17-14-26/h3-18,25,30-32,36,38H,19-24H2,1-2H3,(H,37,40)/b18-15+/t30-,32-/m0/s1. The van der Waals surface area contributed by atoms with Crippen molar-refractivity contribution < 1.29 is 9.59 Å². The van der Waals surface area contributed by atoms with E-state index in [2.05, 4.69) is 78.3 Å². The minimum atomic E-state index is -0.331. The van der Waals surface area contributed by atoms with Gasteiger partial charge in [0.1, 0.15) is 0 Å². The summed E-state index contributed by atoms with van der Waals surface area (Å²) in [6.45, 7) is 6.62. The first-order valence-electron chi connectivity index (χ1n) is 14.5. The molecule has 0 aliphatic carbocycles. The molecule has 3 aromatic rings. The van der Waals surface area contributed by atoms with Crippen LogP contribution < -0.4 is 16.0 Å². The maximum absolute atomic E-state index is 13.9. The van der Waals surface area contributed by atoms with Gasteiger partial charge < -0.3 is 20.9 Å². The average Bonchev–Trinajstić information content (AvgIpc) is 3.13. The zero-order valence-corrected chi connectivity index (χ0v) is 24.7. The number of benzene rings is 3. The Morgan fingerprint density at radius 3 is 2.24 bits per heavy atom. The third kappa shape index (κ3) is 9.56. The second-order valence-corrected chi connectivity index (χ2v) is 11.3. The molecule has 1 saturated heterocycles. The van der Waals surface area contributed by atoms with Crippen molar-refractivity contribution in [2.45, 2.75) is 50.7 Å². The Morgan fingerprint density at radius 2 is 1.63 bits per heavy atom. The summed E-state index contributed by atoms with van der Waals surface area (Å²) in [4.78, 5) is 28.5. The fraction of sp³-hybridized carbons (Fsp3) is 0.353. The van der Waals surface area contributed by atoms with E-state index in [1.165, 1.54) is 17.2 Å². The summed E-state index contributed by atoms with van der Waals surface area (Å²) >= 11 is 5.95. The van der Waals surface area contributed by atoms with Crippen molar-refractivity contribution in [1.29, 1.82) is 0 Å². The van der Waals surface area contributed by atoms with Gasteiger partial charge in [-0.3, -0.25) is 9.59 Å². The number of rotatable bonds is 12. The molecule has 6 nitrogen and oxygen atoms in total. The van der Waals surface area contributed by atoms with Gasteiger partial charge in [-0.2, -0.15) is 0 Å². The molecular weight excluding hydrogens is 532 g/mol. The summed E-state index contributed by atoms with van der Waals surface area (Å²) in [6, 6.07) is 28.1. The molecule has 216 valence electrons. The monoisotopic (exact) mass is 572 g/mol. The Morgan fingerprint density at radius 1 is 1.00 bits per heavy atom. The molecule has 2 amide bonds. The van der Waals surface area contributed by atoms with E-state index in [0.29, 0.717) is 37.1 Å². The summed E-state index contributed by atoms with van der Waals surface area (Å²) in [5.41, 5.74) is 3.29. The van der Waals surface area contributed by atoms with Gasteiger partial charge in [-0.25, -0.2) is 0 Å². The first kappa shape index (κ1) is 30.5. The molecule has 2 atom stereocenters. The number of halogens is 1. The zero-order chi connectivity index (χ0) is 29.0. The number of hydrogen-bond acceptors (Lipinski definition) is 4. The molecule has 1 fully saturated rings. The van der Waals surface area contributed by atoms with Crippen molar-refractivity contribution in [2.75, 3.05) is 26.2 Å². The van der Waals surface area contributed by atoms with E-state index in [9.17, 15) is 9.59 Å². The van der Waals surface area contributed by atoms with E-state index in [1.807, 2.05) is 29.2 Å². The Balaban J connectivity index is 1.45. The molecule has 0 radical (unpaired) electrons. The summed E-state index contributed by atoms with van der Waals surface area (Å²) in [5.74, 6) is 0.0225. The highest BCUT2D eigenvalue weighted by Gasteiger charge is 2.32. The SMILES string of the molecule is CC(C)NCC[C@@H]1N[C@H](CNC(=O)/C=C/c2ccc(Cl)cc2)CCN(CC(c2ccccc2)c2ccccc2)C1=O. The molecule has 0 aromatic heterocycles. The number of nitrogens with one attached hydrogen (secondary N) is 3. The summed E-state index contributed by atoms with van der Waals surface area (Å²) in [6.07, 6.45) is 4.73. The molecule has 1 aliphatic heterocycles. The lowest BCUT2D eigenvalue weighted by Gasteiger charge is -2.29. The van der Waals surface area contributed by atoms with Gasteiger partial charge in [0.15, 0.2) is 0 Å². The fourth-order valence-corrected chi connectivity index (χ4v) is 5.30. The smallest absolute Gasteiger partial charge is 0.244 e. The van der Waals surface area contributed by atoms with Crippen LogP contribution in [0.15, 0.2) is 91.0 Å². The van der Waals surface area contributed by atoms with Gasteiger partial charge in [0.25, 0.3) is 0 Å². The van der Waals surface area contributed by atoms with E-state index in [0.717, 1.165) is 18.5 Å². The first-order chi connectivity index (χ1) is 19.9. The molecule has 1 aliphatic rings. The van der Waals surface area contributed by atoms with Crippen LogP contribution in [0.25, 0.3) is 6.08 Å². The van der Waals surface area contributed by atoms with Crippen molar-refractivity contribution in [3.63, 3.8) is 0 Å². The van der Waals surface area contributed by atoms with Gasteiger partial charge in [0, 0.05) is 48.7 Å². The normalized spacial score (nSPS) is 17.8. The molecule has 0 spiro atoms.